The van der Waals surface area contributed by atoms with E-state index in [1.165, 1.54) is 5.56 Å². The van der Waals surface area contributed by atoms with Gasteiger partial charge in [0.05, 0.1) is 16.4 Å². The van der Waals surface area contributed by atoms with Crippen molar-refractivity contribution in [1.29, 1.82) is 0 Å². The van der Waals surface area contributed by atoms with E-state index in [9.17, 15) is 0 Å². The maximum absolute atomic E-state index is 6.32. The quantitative estimate of drug-likeness (QED) is 0.924. The van der Waals surface area contributed by atoms with Crippen LogP contribution in [0.1, 0.15) is 28.6 Å². The fourth-order valence-corrected chi connectivity index (χ4v) is 2.86. The van der Waals surface area contributed by atoms with Crippen molar-refractivity contribution in [3.8, 4) is 0 Å². The Bertz CT molecular complexity index is 607. The van der Waals surface area contributed by atoms with Crippen LogP contribution in [0.15, 0.2) is 22.7 Å². The van der Waals surface area contributed by atoms with Crippen LogP contribution in [0.4, 0.5) is 0 Å². The summed E-state index contributed by atoms with van der Waals surface area (Å²) in [5.74, 6) is 0. The van der Waals surface area contributed by atoms with Crippen LogP contribution in [0.5, 0.6) is 0 Å². The van der Waals surface area contributed by atoms with Crippen LogP contribution in [0.2, 0.25) is 5.02 Å². The van der Waals surface area contributed by atoms with E-state index in [0.29, 0.717) is 11.4 Å². The normalized spacial score (nSPS) is 12.7. The van der Waals surface area contributed by atoms with Gasteiger partial charge in [0, 0.05) is 24.0 Å². The van der Waals surface area contributed by atoms with Gasteiger partial charge in [-0.05, 0) is 31.0 Å². The molecule has 1 unspecified atom stereocenters. The second-order valence-electron chi connectivity index (χ2n) is 4.73. The van der Waals surface area contributed by atoms with Gasteiger partial charge in [-0.25, -0.2) is 0 Å². The zero-order chi connectivity index (χ0) is 14.2. The van der Waals surface area contributed by atoms with E-state index in [0.717, 1.165) is 21.4 Å². The van der Waals surface area contributed by atoms with Crippen LogP contribution in [0.3, 0.4) is 0 Å². The summed E-state index contributed by atoms with van der Waals surface area (Å²) in [4.78, 5) is 0. The molecule has 1 atom stereocenters. The molecule has 0 fully saturated rings. The van der Waals surface area contributed by atoms with Crippen LogP contribution in [-0.2, 0) is 13.5 Å². The number of hydrogen-bond donors (Lipinski definition) is 1. The molecule has 0 spiro atoms. The molecule has 102 valence electrons. The van der Waals surface area contributed by atoms with E-state index in [1.807, 2.05) is 30.8 Å². The maximum Gasteiger partial charge on any atom is 0.0847 e. The zero-order valence-corrected chi connectivity index (χ0v) is 13.6. The van der Waals surface area contributed by atoms with Crippen molar-refractivity contribution in [3.05, 3.63) is 50.2 Å². The lowest BCUT2D eigenvalue weighted by Gasteiger charge is -2.16. The molecule has 0 aliphatic heterocycles. The van der Waals surface area contributed by atoms with Gasteiger partial charge in [0.25, 0.3) is 0 Å². The number of nitrogens with two attached hydrogens (primary N) is 1. The molecule has 3 nitrogen and oxygen atoms in total. The molecule has 5 heteroatoms. The third kappa shape index (κ3) is 2.86. The molecule has 0 bridgehead atoms. The second-order valence-corrected chi connectivity index (χ2v) is 5.97. The smallest absolute Gasteiger partial charge is 0.0847 e. The average Bonchev–Trinajstić information content (AvgIpc) is 2.59. The fraction of sp³-hybridized carbons (Fsp3) is 0.357. The second kappa shape index (κ2) is 5.65. The topological polar surface area (TPSA) is 43.8 Å². The fourth-order valence-electron chi connectivity index (χ4n) is 2.25. The molecule has 0 radical (unpaired) electrons. The summed E-state index contributed by atoms with van der Waals surface area (Å²) in [6, 6.07) is 5.99. The van der Waals surface area contributed by atoms with Crippen LogP contribution in [0.25, 0.3) is 0 Å². The molecule has 2 rings (SSSR count). The molecular formula is C14H17BrClN3. The Balaban J connectivity index is 2.31. The zero-order valence-electron chi connectivity index (χ0n) is 11.2. The van der Waals surface area contributed by atoms with Gasteiger partial charge in [0.15, 0.2) is 0 Å². The molecule has 0 saturated heterocycles. The number of aromatic nitrogens is 2. The van der Waals surface area contributed by atoms with E-state index in [4.69, 9.17) is 17.3 Å². The summed E-state index contributed by atoms with van der Waals surface area (Å²) in [7, 11) is 1.90. The van der Waals surface area contributed by atoms with E-state index >= 15 is 0 Å². The first-order valence-electron chi connectivity index (χ1n) is 6.10. The molecule has 2 N–H and O–H groups in total. The van der Waals surface area contributed by atoms with Gasteiger partial charge < -0.3 is 5.73 Å². The molecule has 0 aliphatic carbocycles. The van der Waals surface area contributed by atoms with Crippen molar-refractivity contribution in [2.75, 3.05) is 0 Å². The summed E-state index contributed by atoms with van der Waals surface area (Å²) in [6.07, 6.45) is 0.674. The summed E-state index contributed by atoms with van der Waals surface area (Å²) in [5.41, 5.74) is 10.4. The Kier molecular flexibility index (Phi) is 4.33. The molecular weight excluding hydrogens is 326 g/mol. The van der Waals surface area contributed by atoms with Crippen LogP contribution < -0.4 is 5.73 Å². The van der Waals surface area contributed by atoms with Gasteiger partial charge in [-0.3, -0.25) is 4.68 Å². The summed E-state index contributed by atoms with van der Waals surface area (Å²) in [6.45, 7) is 3.97. The molecule has 0 saturated carbocycles. The number of hydrogen-bond acceptors (Lipinski definition) is 2. The third-order valence-electron chi connectivity index (χ3n) is 3.38. The number of benzene rings is 1. The highest BCUT2D eigenvalue weighted by Gasteiger charge is 2.17. The van der Waals surface area contributed by atoms with Gasteiger partial charge in [-0.1, -0.05) is 39.7 Å². The van der Waals surface area contributed by atoms with Crippen molar-refractivity contribution in [2.45, 2.75) is 26.3 Å². The van der Waals surface area contributed by atoms with Gasteiger partial charge >= 0.3 is 0 Å². The summed E-state index contributed by atoms with van der Waals surface area (Å²) >= 11 is 9.80. The van der Waals surface area contributed by atoms with Gasteiger partial charge in [-0.15, -0.1) is 0 Å². The largest absolute Gasteiger partial charge is 0.324 e. The Morgan fingerprint density at radius 3 is 2.68 bits per heavy atom. The molecule has 2 aromatic rings. The standard InChI is InChI=1S/C14H17BrClN3/c1-8-10(5-4-6-11(8)15)12(17)7-13-14(16)9(2)18-19(13)3/h4-6,12H,7,17H2,1-3H3. The molecule has 0 amide bonds. The van der Waals surface area contributed by atoms with Crippen molar-refractivity contribution in [3.63, 3.8) is 0 Å². The van der Waals surface area contributed by atoms with Crippen molar-refractivity contribution in [2.24, 2.45) is 12.8 Å². The minimum atomic E-state index is -0.0928. The molecule has 19 heavy (non-hydrogen) atoms. The van der Waals surface area contributed by atoms with E-state index in [1.54, 1.807) is 0 Å². The molecule has 1 aromatic heterocycles. The first kappa shape index (κ1) is 14.6. The predicted octanol–water partition coefficient (Wildman–Crippen LogP) is 3.70. The maximum atomic E-state index is 6.32. The summed E-state index contributed by atoms with van der Waals surface area (Å²) in [5, 5.41) is 5.03. The lowest BCUT2D eigenvalue weighted by molar-refractivity contribution is 0.637. The first-order valence-corrected chi connectivity index (χ1v) is 7.27. The highest BCUT2D eigenvalue weighted by Crippen LogP contribution is 2.28. The van der Waals surface area contributed by atoms with Crippen LogP contribution in [0, 0.1) is 13.8 Å². The highest BCUT2D eigenvalue weighted by atomic mass is 79.9. The Morgan fingerprint density at radius 2 is 2.11 bits per heavy atom. The number of nitrogens with zero attached hydrogens (tertiary/aromatic N) is 2. The lowest BCUT2D eigenvalue weighted by Crippen LogP contribution is -2.17. The monoisotopic (exact) mass is 341 g/mol. The minimum absolute atomic E-state index is 0.0928. The number of aryl methyl sites for hydroxylation is 2. The van der Waals surface area contributed by atoms with Crippen molar-refractivity contribution >= 4 is 27.5 Å². The first-order chi connectivity index (χ1) is 8.91. The predicted molar refractivity (Wildman–Crippen MR) is 82.5 cm³/mol. The number of rotatable bonds is 3. The van der Waals surface area contributed by atoms with Crippen molar-refractivity contribution in [1.82, 2.24) is 9.78 Å². The third-order valence-corrected chi connectivity index (χ3v) is 4.73. The Labute approximate surface area is 126 Å². The molecule has 0 aliphatic rings. The van der Waals surface area contributed by atoms with Crippen molar-refractivity contribution < 1.29 is 0 Å². The van der Waals surface area contributed by atoms with E-state index < -0.39 is 0 Å². The molecule has 1 aromatic carbocycles. The molecule has 1 heterocycles. The summed E-state index contributed by atoms with van der Waals surface area (Å²) < 4.78 is 2.89. The van der Waals surface area contributed by atoms with Gasteiger partial charge in [0.1, 0.15) is 0 Å². The minimum Gasteiger partial charge on any atom is -0.324 e. The highest BCUT2D eigenvalue weighted by molar-refractivity contribution is 9.10. The number of halogens is 2. The SMILES string of the molecule is Cc1nn(C)c(CC(N)c2cccc(Br)c2C)c1Cl. The van der Waals surface area contributed by atoms with Crippen LogP contribution >= 0.6 is 27.5 Å². The lowest BCUT2D eigenvalue weighted by atomic mass is 9.98. The van der Waals surface area contributed by atoms with Gasteiger partial charge in [-0.2, -0.15) is 5.10 Å². The van der Waals surface area contributed by atoms with Crippen LogP contribution in [-0.4, -0.2) is 9.78 Å². The van der Waals surface area contributed by atoms with E-state index in [-0.39, 0.29) is 6.04 Å². The Morgan fingerprint density at radius 1 is 1.42 bits per heavy atom. The van der Waals surface area contributed by atoms with E-state index in [2.05, 4.69) is 34.0 Å². The Hall–Kier alpha value is -0.840. The van der Waals surface area contributed by atoms with Gasteiger partial charge in [0.2, 0.25) is 0 Å². The average molecular weight is 343 g/mol.